The smallest absolute Gasteiger partial charge is 0.428 e. The summed E-state index contributed by atoms with van der Waals surface area (Å²) in [7, 11) is 0. The van der Waals surface area contributed by atoms with Crippen LogP contribution in [-0.4, -0.2) is 29.5 Å². The average molecular weight is 456 g/mol. The van der Waals surface area contributed by atoms with Gasteiger partial charge >= 0.3 is 18.3 Å². The molecule has 0 aromatic heterocycles. The van der Waals surface area contributed by atoms with E-state index in [0.717, 1.165) is 5.56 Å². The van der Waals surface area contributed by atoms with Gasteiger partial charge in [0.15, 0.2) is 11.5 Å². The number of carbonyl (C=O) groups is 3. The van der Waals surface area contributed by atoms with Gasteiger partial charge in [-0.25, -0.2) is 14.4 Å². The van der Waals surface area contributed by atoms with Crippen LogP contribution in [-0.2, 0) is 9.47 Å². The Hall–Kier alpha value is -3.81. The van der Waals surface area contributed by atoms with E-state index >= 15 is 0 Å². The maximum atomic E-state index is 12.5. The summed E-state index contributed by atoms with van der Waals surface area (Å²) < 4.78 is 26.0. The molecule has 0 spiro atoms. The van der Waals surface area contributed by atoms with Gasteiger partial charge < -0.3 is 23.7 Å². The molecule has 176 valence electrons. The second-order valence-electron chi connectivity index (χ2n) is 8.96. The number of hydrogen-bond acceptors (Lipinski definition) is 8. The Balaban J connectivity index is 2.27. The highest BCUT2D eigenvalue weighted by Crippen LogP contribution is 2.33. The van der Waals surface area contributed by atoms with E-state index in [9.17, 15) is 14.4 Å². The molecule has 2 aromatic carbocycles. The maximum Gasteiger partial charge on any atom is 0.514 e. The summed E-state index contributed by atoms with van der Waals surface area (Å²) in [5.41, 5.74) is -0.447. The number of rotatable bonds is 5. The quantitative estimate of drug-likeness (QED) is 0.299. The third-order valence-corrected chi connectivity index (χ3v) is 3.67. The molecular weight excluding hydrogens is 428 g/mol. The van der Waals surface area contributed by atoms with Gasteiger partial charge in [0.2, 0.25) is 0 Å². The van der Waals surface area contributed by atoms with Crippen molar-refractivity contribution in [2.45, 2.75) is 52.7 Å². The molecule has 0 heterocycles. The topological polar surface area (TPSA) is 97.4 Å². The van der Waals surface area contributed by atoms with E-state index in [1.54, 1.807) is 71.9 Å². The van der Waals surface area contributed by atoms with Gasteiger partial charge in [-0.3, -0.25) is 0 Å². The highest BCUT2D eigenvalue weighted by atomic mass is 16.8. The van der Waals surface area contributed by atoms with Crippen LogP contribution in [0.2, 0.25) is 0 Å². The van der Waals surface area contributed by atoms with E-state index in [2.05, 4.69) is 6.58 Å². The van der Waals surface area contributed by atoms with Crippen LogP contribution >= 0.6 is 0 Å². The summed E-state index contributed by atoms with van der Waals surface area (Å²) in [5.74, 6) is -0.884. The first-order valence-corrected chi connectivity index (χ1v) is 10.2. The number of carbonyl (C=O) groups excluding carboxylic acids is 3. The van der Waals surface area contributed by atoms with Crippen LogP contribution < -0.4 is 14.2 Å². The standard InChI is InChI=1S/C25H28O8/c1-8-16-9-11-17(12-10-16)21(26)29-18-13-14-19(30-22(27)32-24(2,3)4)20(15-18)31-23(28)33-25(5,6)7/h8-15H,1H2,2-7H3. The van der Waals surface area contributed by atoms with Crippen molar-refractivity contribution in [1.29, 1.82) is 0 Å². The van der Waals surface area contributed by atoms with Crippen LogP contribution in [0.1, 0.15) is 57.5 Å². The Kier molecular flexibility index (Phi) is 7.87. The predicted molar refractivity (Wildman–Crippen MR) is 122 cm³/mol. The van der Waals surface area contributed by atoms with Gasteiger partial charge in [-0.15, -0.1) is 0 Å². The lowest BCUT2D eigenvalue weighted by Gasteiger charge is -2.21. The van der Waals surface area contributed by atoms with Crippen molar-refractivity contribution < 1.29 is 38.1 Å². The molecular formula is C25H28O8. The summed E-state index contributed by atoms with van der Waals surface area (Å²) in [6.07, 6.45) is -0.373. The summed E-state index contributed by atoms with van der Waals surface area (Å²) in [4.78, 5) is 36.7. The lowest BCUT2D eigenvalue weighted by Crippen LogP contribution is -2.27. The van der Waals surface area contributed by atoms with Gasteiger partial charge in [0, 0.05) is 6.07 Å². The lowest BCUT2D eigenvalue weighted by atomic mass is 10.1. The van der Waals surface area contributed by atoms with E-state index in [1.807, 2.05) is 0 Å². The normalized spacial score (nSPS) is 11.2. The van der Waals surface area contributed by atoms with Gasteiger partial charge in [0.25, 0.3) is 0 Å². The molecule has 8 nitrogen and oxygen atoms in total. The van der Waals surface area contributed by atoms with E-state index in [-0.39, 0.29) is 17.2 Å². The molecule has 0 saturated heterocycles. The molecule has 0 fully saturated rings. The molecule has 0 radical (unpaired) electrons. The van der Waals surface area contributed by atoms with Crippen LogP contribution in [0.5, 0.6) is 17.2 Å². The molecule has 0 atom stereocenters. The Morgan fingerprint density at radius 2 is 1.24 bits per heavy atom. The largest absolute Gasteiger partial charge is 0.514 e. The number of hydrogen-bond donors (Lipinski definition) is 0. The molecule has 8 heteroatoms. The molecule has 33 heavy (non-hydrogen) atoms. The molecule has 0 bridgehead atoms. The van der Waals surface area contributed by atoms with E-state index in [0.29, 0.717) is 5.56 Å². The summed E-state index contributed by atoms with van der Waals surface area (Å²) in [6, 6.07) is 10.6. The van der Waals surface area contributed by atoms with Gasteiger partial charge in [-0.2, -0.15) is 0 Å². The van der Waals surface area contributed by atoms with Gasteiger partial charge in [0.05, 0.1) is 5.56 Å². The Morgan fingerprint density at radius 1 is 0.727 bits per heavy atom. The zero-order valence-electron chi connectivity index (χ0n) is 19.6. The van der Waals surface area contributed by atoms with Gasteiger partial charge in [-0.05, 0) is 71.4 Å². The molecule has 0 aliphatic heterocycles. The second kappa shape index (κ2) is 10.2. The molecule has 0 unspecified atom stereocenters. The summed E-state index contributed by atoms with van der Waals surface area (Å²) in [5, 5.41) is 0. The Bertz CT molecular complexity index is 1020. The minimum Gasteiger partial charge on any atom is -0.428 e. The van der Waals surface area contributed by atoms with Gasteiger partial charge in [-0.1, -0.05) is 24.8 Å². The highest BCUT2D eigenvalue weighted by Gasteiger charge is 2.24. The fraction of sp³-hybridized carbons (Fsp3) is 0.320. The Labute approximate surface area is 193 Å². The average Bonchev–Trinajstić information content (AvgIpc) is 2.67. The van der Waals surface area contributed by atoms with E-state index < -0.39 is 29.5 Å². The van der Waals surface area contributed by atoms with Crippen LogP contribution in [0.15, 0.2) is 49.0 Å². The minimum atomic E-state index is -1.03. The van der Waals surface area contributed by atoms with Crippen molar-refractivity contribution in [2.75, 3.05) is 0 Å². The third kappa shape index (κ3) is 8.68. The third-order valence-electron chi connectivity index (χ3n) is 3.67. The maximum absolute atomic E-state index is 12.5. The van der Waals surface area contributed by atoms with Crippen molar-refractivity contribution >= 4 is 24.4 Å². The van der Waals surface area contributed by atoms with Crippen LogP contribution in [0.4, 0.5) is 9.59 Å². The van der Waals surface area contributed by atoms with Crippen LogP contribution in [0.25, 0.3) is 6.08 Å². The first-order valence-electron chi connectivity index (χ1n) is 10.2. The van der Waals surface area contributed by atoms with Crippen molar-refractivity contribution in [3.63, 3.8) is 0 Å². The highest BCUT2D eigenvalue weighted by molar-refractivity contribution is 5.91. The summed E-state index contributed by atoms with van der Waals surface area (Å²) >= 11 is 0. The molecule has 2 aromatic rings. The molecule has 0 N–H and O–H groups in total. The first kappa shape index (κ1) is 25.5. The lowest BCUT2D eigenvalue weighted by molar-refractivity contribution is 0.0137. The molecule has 0 amide bonds. The van der Waals surface area contributed by atoms with Crippen molar-refractivity contribution in [3.05, 3.63) is 60.2 Å². The van der Waals surface area contributed by atoms with Crippen molar-refractivity contribution in [3.8, 4) is 17.2 Å². The monoisotopic (exact) mass is 456 g/mol. The van der Waals surface area contributed by atoms with E-state index in [4.69, 9.17) is 23.7 Å². The zero-order valence-corrected chi connectivity index (χ0v) is 19.6. The summed E-state index contributed by atoms with van der Waals surface area (Å²) in [6.45, 7) is 13.7. The minimum absolute atomic E-state index is 0.0582. The number of esters is 1. The molecule has 0 aliphatic rings. The van der Waals surface area contributed by atoms with Gasteiger partial charge in [0.1, 0.15) is 17.0 Å². The second-order valence-corrected chi connectivity index (χ2v) is 8.96. The number of ether oxygens (including phenoxy) is 5. The fourth-order valence-corrected chi connectivity index (χ4v) is 2.36. The Morgan fingerprint density at radius 3 is 1.73 bits per heavy atom. The first-order chi connectivity index (χ1) is 15.3. The van der Waals surface area contributed by atoms with Crippen molar-refractivity contribution in [1.82, 2.24) is 0 Å². The van der Waals surface area contributed by atoms with Crippen LogP contribution in [0, 0.1) is 0 Å². The zero-order chi connectivity index (χ0) is 24.8. The van der Waals surface area contributed by atoms with E-state index in [1.165, 1.54) is 18.2 Å². The van der Waals surface area contributed by atoms with Crippen molar-refractivity contribution in [2.24, 2.45) is 0 Å². The number of benzene rings is 2. The predicted octanol–water partition coefficient (Wildman–Crippen LogP) is 6.18. The SMILES string of the molecule is C=Cc1ccc(C(=O)Oc2ccc(OC(=O)OC(C)(C)C)c(OC(=O)OC(C)(C)C)c2)cc1. The molecule has 0 saturated carbocycles. The fourth-order valence-electron chi connectivity index (χ4n) is 2.36. The molecule has 2 rings (SSSR count). The molecule has 0 aliphatic carbocycles. The van der Waals surface area contributed by atoms with Crippen LogP contribution in [0.3, 0.4) is 0 Å².